The van der Waals surface area contributed by atoms with Gasteiger partial charge in [-0.15, -0.1) is 0 Å². The fourth-order valence-corrected chi connectivity index (χ4v) is 2.40. The number of aromatic nitrogens is 2. The van der Waals surface area contributed by atoms with Crippen LogP contribution >= 0.6 is 0 Å². The third-order valence-corrected chi connectivity index (χ3v) is 3.62. The first-order chi connectivity index (χ1) is 8.91. The second-order valence-corrected chi connectivity index (χ2v) is 5.06. The molecule has 0 spiro atoms. The number of aliphatic hydroxyl groups excluding tert-OH is 1. The van der Waals surface area contributed by atoms with Gasteiger partial charge in [0.15, 0.2) is 0 Å². The molecule has 0 radical (unpaired) electrons. The Morgan fingerprint density at radius 3 is 2.74 bits per heavy atom. The van der Waals surface area contributed by atoms with E-state index in [9.17, 15) is 14.7 Å². The number of amides is 1. The zero-order valence-corrected chi connectivity index (χ0v) is 11.5. The Labute approximate surface area is 111 Å². The van der Waals surface area contributed by atoms with Crippen LogP contribution in [0.3, 0.4) is 0 Å². The predicted octanol–water partition coefficient (Wildman–Crippen LogP) is -0.00596. The Morgan fingerprint density at radius 2 is 2.11 bits per heavy atom. The summed E-state index contributed by atoms with van der Waals surface area (Å²) in [6.45, 7) is 4.39. The Bertz CT molecular complexity index is 565. The van der Waals surface area contributed by atoms with Gasteiger partial charge in [-0.05, 0) is 32.3 Å². The molecule has 1 aliphatic heterocycles. The Hall–Kier alpha value is -1.69. The van der Waals surface area contributed by atoms with Crippen molar-refractivity contribution in [1.82, 2.24) is 14.7 Å². The summed E-state index contributed by atoms with van der Waals surface area (Å²) in [5.74, 6) is -0.303. The van der Waals surface area contributed by atoms with Crippen molar-refractivity contribution in [3.05, 3.63) is 27.2 Å². The van der Waals surface area contributed by atoms with Gasteiger partial charge in [0.05, 0.1) is 11.8 Å². The highest BCUT2D eigenvalue weighted by Crippen LogP contribution is 2.15. The van der Waals surface area contributed by atoms with E-state index in [1.165, 1.54) is 11.7 Å². The van der Waals surface area contributed by atoms with E-state index in [0.29, 0.717) is 30.8 Å². The molecule has 2 rings (SSSR count). The number of hydrogen-bond donors (Lipinski definition) is 1. The van der Waals surface area contributed by atoms with E-state index in [1.807, 2.05) is 0 Å². The number of rotatable bonds is 1. The second-order valence-electron chi connectivity index (χ2n) is 5.06. The van der Waals surface area contributed by atoms with Crippen molar-refractivity contribution in [2.45, 2.75) is 32.8 Å². The molecule has 1 aromatic rings. The molecular formula is C13H19N3O3. The van der Waals surface area contributed by atoms with Crippen LogP contribution in [0.25, 0.3) is 0 Å². The summed E-state index contributed by atoms with van der Waals surface area (Å²) in [7, 11) is 1.54. The van der Waals surface area contributed by atoms with E-state index in [2.05, 4.69) is 5.10 Å². The fraction of sp³-hybridized carbons (Fsp3) is 0.615. The summed E-state index contributed by atoms with van der Waals surface area (Å²) < 4.78 is 1.19. The number of aryl methyl sites for hydroxylation is 2. The van der Waals surface area contributed by atoms with E-state index in [4.69, 9.17) is 0 Å². The second kappa shape index (κ2) is 5.13. The van der Waals surface area contributed by atoms with Gasteiger partial charge in [0.2, 0.25) is 0 Å². The Kier molecular flexibility index (Phi) is 3.71. The number of piperidine rings is 1. The quantitative estimate of drug-likeness (QED) is 0.775. The van der Waals surface area contributed by atoms with Crippen molar-refractivity contribution < 1.29 is 9.90 Å². The lowest BCUT2D eigenvalue weighted by molar-refractivity contribution is 0.0470. The van der Waals surface area contributed by atoms with Crippen LogP contribution in [0.15, 0.2) is 4.79 Å². The molecular weight excluding hydrogens is 246 g/mol. The molecule has 0 aromatic carbocycles. The smallest absolute Gasteiger partial charge is 0.279 e. The van der Waals surface area contributed by atoms with E-state index in [0.717, 1.165) is 6.42 Å². The minimum absolute atomic E-state index is 0.170. The monoisotopic (exact) mass is 265 g/mol. The molecule has 1 N–H and O–H groups in total. The van der Waals surface area contributed by atoms with E-state index in [1.54, 1.807) is 18.7 Å². The summed E-state index contributed by atoms with van der Waals surface area (Å²) in [5.41, 5.74) is 1.08. The molecule has 6 nitrogen and oxygen atoms in total. The third-order valence-electron chi connectivity index (χ3n) is 3.62. The molecule has 6 heteroatoms. The molecule has 0 aliphatic carbocycles. The minimum Gasteiger partial charge on any atom is -0.391 e. The molecule has 0 bridgehead atoms. The van der Waals surface area contributed by atoms with Gasteiger partial charge in [0.1, 0.15) is 5.56 Å². The third kappa shape index (κ3) is 2.53. The van der Waals surface area contributed by atoms with Gasteiger partial charge in [0.25, 0.3) is 11.5 Å². The zero-order valence-electron chi connectivity index (χ0n) is 11.5. The van der Waals surface area contributed by atoms with E-state index in [-0.39, 0.29) is 17.0 Å². The van der Waals surface area contributed by atoms with Crippen LogP contribution in [0.2, 0.25) is 0 Å². The molecule has 1 amide bonds. The number of likely N-dealkylation sites (tertiary alicyclic amines) is 1. The molecule has 1 aromatic heterocycles. The molecule has 104 valence electrons. The highest BCUT2D eigenvalue weighted by molar-refractivity contribution is 5.95. The van der Waals surface area contributed by atoms with Crippen LogP contribution in [0.5, 0.6) is 0 Å². The van der Waals surface area contributed by atoms with Crippen molar-refractivity contribution >= 4 is 5.91 Å². The highest BCUT2D eigenvalue weighted by Gasteiger charge is 2.27. The van der Waals surface area contributed by atoms with Gasteiger partial charge in [-0.2, -0.15) is 5.10 Å². The van der Waals surface area contributed by atoms with Gasteiger partial charge < -0.3 is 10.0 Å². The summed E-state index contributed by atoms with van der Waals surface area (Å²) in [4.78, 5) is 26.1. The van der Waals surface area contributed by atoms with Gasteiger partial charge in [0, 0.05) is 20.1 Å². The number of carbonyl (C=O) groups is 1. The summed E-state index contributed by atoms with van der Waals surface area (Å²) in [6, 6.07) is 0. The number of β-amino-alcohol motifs (C(OH)–C–C–N with tert-alkyl or cyclic N) is 1. The first kappa shape index (κ1) is 13.7. The Morgan fingerprint density at radius 1 is 1.42 bits per heavy atom. The van der Waals surface area contributed by atoms with Gasteiger partial charge in [-0.1, -0.05) is 0 Å². The molecule has 0 saturated carbocycles. The Balaban J connectivity index is 2.41. The summed E-state index contributed by atoms with van der Waals surface area (Å²) in [5, 5.41) is 13.7. The van der Waals surface area contributed by atoms with Crippen LogP contribution in [-0.4, -0.2) is 44.9 Å². The molecule has 1 fully saturated rings. The van der Waals surface area contributed by atoms with Gasteiger partial charge in [-0.3, -0.25) is 9.59 Å². The van der Waals surface area contributed by atoms with Crippen molar-refractivity contribution in [3.8, 4) is 0 Å². The van der Waals surface area contributed by atoms with Crippen molar-refractivity contribution in [1.29, 1.82) is 0 Å². The minimum atomic E-state index is -0.496. The average Bonchev–Trinajstić information content (AvgIpc) is 2.36. The zero-order chi connectivity index (χ0) is 14.2. The van der Waals surface area contributed by atoms with Crippen LogP contribution in [-0.2, 0) is 7.05 Å². The number of nitrogens with zero attached hydrogens (tertiary/aromatic N) is 3. The SMILES string of the molecule is Cc1nn(C)c(=O)c(C(=O)N2CCC[C@H](O)C2)c1C. The maximum atomic E-state index is 12.5. The average molecular weight is 265 g/mol. The van der Waals surface area contributed by atoms with Crippen LogP contribution in [0.1, 0.15) is 34.5 Å². The highest BCUT2D eigenvalue weighted by atomic mass is 16.3. The number of hydrogen-bond acceptors (Lipinski definition) is 4. The normalized spacial score (nSPS) is 19.6. The van der Waals surface area contributed by atoms with Crippen molar-refractivity contribution in [2.75, 3.05) is 13.1 Å². The lowest BCUT2D eigenvalue weighted by atomic mass is 10.0. The molecule has 1 saturated heterocycles. The fourth-order valence-electron chi connectivity index (χ4n) is 2.40. The first-order valence-corrected chi connectivity index (χ1v) is 6.43. The maximum absolute atomic E-state index is 12.5. The van der Waals surface area contributed by atoms with Gasteiger partial charge in [-0.25, -0.2) is 4.68 Å². The molecule has 1 atom stereocenters. The lowest BCUT2D eigenvalue weighted by Gasteiger charge is -2.30. The largest absolute Gasteiger partial charge is 0.391 e. The first-order valence-electron chi connectivity index (χ1n) is 6.43. The molecule has 2 heterocycles. The predicted molar refractivity (Wildman–Crippen MR) is 70.1 cm³/mol. The van der Waals surface area contributed by atoms with Gasteiger partial charge >= 0.3 is 0 Å². The molecule has 19 heavy (non-hydrogen) atoms. The maximum Gasteiger partial charge on any atom is 0.279 e. The lowest BCUT2D eigenvalue weighted by Crippen LogP contribution is -2.45. The topological polar surface area (TPSA) is 75.4 Å². The summed E-state index contributed by atoms with van der Waals surface area (Å²) >= 11 is 0. The van der Waals surface area contributed by atoms with E-state index < -0.39 is 6.10 Å². The standard InChI is InChI=1S/C13H19N3O3/c1-8-9(2)14-15(3)12(18)11(8)13(19)16-6-4-5-10(17)7-16/h10,17H,4-7H2,1-3H3/t10-/m0/s1. The van der Waals surface area contributed by atoms with Crippen molar-refractivity contribution in [2.24, 2.45) is 7.05 Å². The number of aliphatic hydroxyl groups is 1. The molecule has 1 aliphatic rings. The number of carbonyl (C=O) groups excluding carboxylic acids is 1. The molecule has 0 unspecified atom stereocenters. The van der Waals surface area contributed by atoms with Crippen LogP contribution < -0.4 is 5.56 Å². The summed E-state index contributed by atoms with van der Waals surface area (Å²) in [6.07, 6.45) is 0.969. The van der Waals surface area contributed by atoms with Crippen LogP contribution in [0.4, 0.5) is 0 Å². The van der Waals surface area contributed by atoms with Crippen LogP contribution in [0, 0.1) is 13.8 Å². The van der Waals surface area contributed by atoms with E-state index >= 15 is 0 Å². The van der Waals surface area contributed by atoms with Crippen molar-refractivity contribution in [3.63, 3.8) is 0 Å².